The Kier molecular flexibility index (Phi) is 7.18. The Morgan fingerprint density at radius 3 is 2.39 bits per heavy atom. The summed E-state index contributed by atoms with van der Waals surface area (Å²) < 4.78 is 5.55. The van der Waals surface area contributed by atoms with Gasteiger partial charge in [-0.05, 0) is 26.3 Å². The molecular formula is C13H27ClN2O2. The van der Waals surface area contributed by atoms with Gasteiger partial charge in [0.05, 0.1) is 12.6 Å². The van der Waals surface area contributed by atoms with Gasteiger partial charge in [-0.15, -0.1) is 12.4 Å². The molecule has 1 aliphatic rings. The van der Waals surface area contributed by atoms with Crippen molar-refractivity contribution in [2.24, 2.45) is 5.41 Å². The van der Waals surface area contributed by atoms with Crippen LogP contribution in [-0.2, 0) is 9.53 Å². The molecule has 108 valence electrons. The molecule has 0 bridgehead atoms. The second-order valence-electron chi connectivity index (χ2n) is 4.95. The topological polar surface area (TPSA) is 41.6 Å². The monoisotopic (exact) mass is 278 g/mol. The molecule has 5 heteroatoms. The molecule has 18 heavy (non-hydrogen) atoms. The van der Waals surface area contributed by atoms with E-state index in [0.29, 0.717) is 18.7 Å². The zero-order valence-corrected chi connectivity index (χ0v) is 13.0. The van der Waals surface area contributed by atoms with Gasteiger partial charge in [0.1, 0.15) is 0 Å². The van der Waals surface area contributed by atoms with E-state index in [9.17, 15) is 4.79 Å². The van der Waals surface area contributed by atoms with Crippen LogP contribution in [0.4, 0.5) is 0 Å². The van der Waals surface area contributed by atoms with Crippen molar-refractivity contribution in [3.05, 3.63) is 0 Å². The van der Waals surface area contributed by atoms with Crippen LogP contribution < -0.4 is 5.32 Å². The highest BCUT2D eigenvalue weighted by molar-refractivity contribution is 5.85. The molecule has 0 aromatic heterocycles. The molecule has 1 aliphatic carbocycles. The van der Waals surface area contributed by atoms with Gasteiger partial charge in [-0.2, -0.15) is 0 Å². The lowest BCUT2D eigenvalue weighted by atomic mass is 9.58. The number of methoxy groups -OCH3 is 1. The first-order chi connectivity index (χ1) is 8.07. The summed E-state index contributed by atoms with van der Waals surface area (Å²) in [5, 5.41) is 2.92. The standard InChI is InChI=1S/C13H26N2O2.ClH/c1-6-13(7-2)10(8-11(13)17-5)15(4)12(16)9-14-3;/h10-11,14H,6-9H2,1-5H3;1H. The van der Waals surface area contributed by atoms with Gasteiger partial charge < -0.3 is 15.0 Å². The van der Waals surface area contributed by atoms with Crippen LogP contribution in [0.25, 0.3) is 0 Å². The predicted molar refractivity (Wildman–Crippen MR) is 76.2 cm³/mol. The van der Waals surface area contributed by atoms with Crippen molar-refractivity contribution in [3.8, 4) is 0 Å². The SMILES string of the molecule is CCC1(CC)C(OC)CC1N(C)C(=O)CNC.Cl. The summed E-state index contributed by atoms with van der Waals surface area (Å²) >= 11 is 0. The molecule has 0 radical (unpaired) electrons. The number of carbonyl (C=O) groups excluding carboxylic acids is 1. The van der Waals surface area contributed by atoms with Gasteiger partial charge in [0.2, 0.25) is 5.91 Å². The first kappa shape index (κ1) is 17.7. The molecule has 2 unspecified atom stereocenters. The quantitative estimate of drug-likeness (QED) is 0.804. The zero-order valence-electron chi connectivity index (χ0n) is 12.2. The van der Waals surface area contributed by atoms with Crippen molar-refractivity contribution in [2.45, 2.75) is 45.3 Å². The summed E-state index contributed by atoms with van der Waals surface area (Å²) in [6, 6.07) is 0.322. The molecule has 2 atom stereocenters. The van der Waals surface area contributed by atoms with Crippen molar-refractivity contribution >= 4 is 18.3 Å². The molecule has 1 amide bonds. The van der Waals surface area contributed by atoms with E-state index in [1.54, 1.807) is 14.2 Å². The molecule has 0 aromatic rings. The van der Waals surface area contributed by atoms with Gasteiger partial charge in [0.15, 0.2) is 0 Å². The summed E-state index contributed by atoms with van der Waals surface area (Å²) in [6.45, 7) is 4.80. The first-order valence-corrected chi connectivity index (χ1v) is 6.50. The summed E-state index contributed by atoms with van der Waals surface area (Å²) in [4.78, 5) is 13.8. The lowest BCUT2D eigenvalue weighted by Gasteiger charge is -2.57. The fraction of sp³-hybridized carbons (Fsp3) is 0.923. The van der Waals surface area contributed by atoms with E-state index >= 15 is 0 Å². The average Bonchev–Trinajstić information content (AvgIpc) is 2.30. The number of carbonyl (C=O) groups is 1. The third-order valence-electron chi connectivity index (χ3n) is 4.53. The number of hydrogen-bond donors (Lipinski definition) is 1. The number of rotatable bonds is 6. The summed E-state index contributed by atoms with van der Waals surface area (Å²) in [5.41, 5.74) is 0.146. The zero-order chi connectivity index (χ0) is 13.1. The number of ether oxygens (including phenoxy) is 1. The van der Waals surface area contributed by atoms with Crippen molar-refractivity contribution in [1.29, 1.82) is 0 Å². The fourth-order valence-electron chi connectivity index (χ4n) is 3.23. The van der Waals surface area contributed by atoms with E-state index < -0.39 is 0 Å². The Labute approximate surface area is 117 Å². The number of halogens is 1. The normalized spacial score (nSPS) is 24.9. The molecule has 4 nitrogen and oxygen atoms in total. The number of nitrogens with zero attached hydrogens (tertiary/aromatic N) is 1. The smallest absolute Gasteiger partial charge is 0.236 e. The highest BCUT2D eigenvalue weighted by atomic mass is 35.5. The van der Waals surface area contributed by atoms with Crippen LogP contribution in [0.15, 0.2) is 0 Å². The molecule has 0 saturated heterocycles. The van der Waals surface area contributed by atoms with Crippen LogP contribution in [-0.4, -0.2) is 50.7 Å². The van der Waals surface area contributed by atoms with Gasteiger partial charge in [0.25, 0.3) is 0 Å². The Morgan fingerprint density at radius 2 is 2.00 bits per heavy atom. The van der Waals surface area contributed by atoms with Crippen molar-refractivity contribution in [1.82, 2.24) is 10.2 Å². The van der Waals surface area contributed by atoms with Crippen LogP contribution in [0, 0.1) is 5.41 Å². The number of amides is 1. The van der Waals surface area contributed by atoms with Crippen LogP contribution in [0.5, 0.6) is 0 Å². The first-order valence-electron chi connectivity index (χ1n) is 6.50. The van der Waals surface area contributed by atoms with Gasteiger partial charge in [-0.25, -0.2) is 0 Å². The van der Waals surface area contributed by atoms with Crippen molar-refractivity contribution in [3.63, 3.8) is 0 Å². The molecule has 0 aromatic carbocycles. The Morgan fingerprint density at radius 1 is 1.44 bits per heavy atom. The minimum absolute atomic E-state index is 0. The number of likely N-dealkylation sites (N-methyl/N-ethyl adjacent to an activating group) is 2. The lowest BCUT2D eigenvalue weighted by molar-refractivity contribution is -0.169. The average molecular weight is 279 g/mol. The predicted octanol–water partition coefficient (Wildman–Crippen LogP) is 1.68. The van der Waals surface area contributed by atoms with Gasteiger partial charge in [-0.1, -0.05) is 13.8 Å². The van der Waals surface area contributed by atoms with Gasteiger partial charge in [-0.3, -0.25) is 4.79 Å². The maximum atomic E-state index is 11.9. The second-order valence-corrected chi connectivity index (χ2v) is 4.95. The van der Waals surface area contributed by atoms with Crippen LogP contribution in [0.3, 0.4) is 0 Å². The van der Waals surface area contributed by atoms with Crippen LogP contribution >= 0.6 is 12.4 Å². The Hall–Kier alpha value is -0.320. The van der Waals surface area contributed by atoms with E-state index in [0.717, 1.165) is 19.3 Å². The molecule has 0 aliphatic heterocycles. The van der Waals surface area contributed by atoms with Crippen molar-refractivity contribution in [2.75, 3.05) is 27.7 Å². The molecular weight excluding hydrogens is 252 g/mol. The number of nitrogens with one attached hydrogen (secondary N) is 1. The highest BCUT2D eigenvalue weighted by Crippen LogP contribution is 2.50. The van der Waals surface area contributed by atoms with E-state index in [1.807, 2.05) is 11.9 Å². The second kappa shape index (κ2) is 7.31. The maximum absolute atomic E-state index is 11.9. The molecule has 0 spiro atoms. The Bertz CT molecular complexity index is 270. The molecule has 1 saturated carbocycles. The highest BCUT2D eigenvalue weighted by Gasteiger charge is 2.55. The van der Waals surface area contributed by atoms with Crippen molar-refractivity contribution < 1.29 is 9.53 Å². The Balaban J connectivity index is 0.00000289. The molecule has 1 rings (SSSR count). The van der Waals surface area contributed by atoms with Gasteiger partial charge >= 0.3 is 0 Å². The maximum Gasteiger partial charge on any atom is 0.236 e. The third-order valence-corrected chi connectivity index (χ3v) is 4.53. The minimum Gasteiger partial charge on any atom is -0.381 e. The largest absolute Gasteiger partial charge is 0.381 e. The molecule has 1 N–H and O–H groups in total. The van der Waals surface area contributed by atoms with Crippen LogP contribution in [0.1, 0.15) is 33.1 Å². The molecule has 1 fully saturated rings. The fourth-order valence-corrected chi connectivity index (χ4v) is 3.23. The van der Waals surface area contributed by atoms with E-state index in [1.165, 1.54) is 0 Å². The summed E-state index contributed by atoms with van der Waals surface area (Å²) in [5.74, 6) is 0.165. The van der Waals surface area contributed by atoms with Crippen LogP contribution in [0.2, 0.25) is 0 Å². The minimum atomic E-state index is 0. The molecule has 0 heterocycles. The lowest BCUT2D eigenvalue weighted by Crippen LogP contribution is -2.65. The third kappa shape index (κ3) is 2.81. The summed E-state index contributed by atoms with van der Waals surface area (Å²) in [7, 11) is 5.49. The van der Waals surface area contributed by atoms with E-state index in [4.69, 9.17) is 4.74 Å². The summed E-state index contributed by atoms with van der Waals surface area (Å²) in [6.07, 6.45) is 3.38. The van der Waals surface area contributed by atoms with Gasteiger partial charge in [0, 0.05) is 25.6 Å². The number of hydrogen-bond acceptors (Lipinski definition) is 3. The van der Waals surface area contributed by atoms with E-state index in [2.05, 4.69) is 19.2 Å². The van der Waals surface area contributed by atoms with E-state index in [-0.39, 0.29) is 23.7 Å².